The number of nitrogens with two attached hydrogens (primary N) is 1. The first-order chi connectivity index (χ1) is 16.3. The van der Waals surface area contributed by atoms with Gasteiger partial charge in [0.25, 0.3) is 5.91 Å². The van der Waals surface area contributed by atoms with Crippen molar-refractivity contribution in [3.05, 3.63) is 75.7 Å². The van der Waals surface area contributed by atoms with Crippen molar-refractivity contribution in [2.45, 2.75) is 19.3 Å². The number of carbonyl (C=O) groups excluding carboxylic acids is 2. The van der Waals surface area contributed by atoms with Crippen LogP contribution in [0.25, 0.3) is 11.1 Å². The van der Waals surface area contributed by atoms with Gasteiger partial charge in [-0.25, -0.2) is 9.37 Å². The van der Waals surface area contributed by atoms with Crippen molar-refractivity contribution in [1.29, 1.82) is 0 Å². The number of primary amides is 1. The maximum absolute atomic E-state index is 14.4. The van der Waals surface area contributed by atoms with E-state index < -0.39 is 17.6 Å². The molecule has 0 bridgehead atoms. The average molecular weight is 501 g/mol. The van der Waals surface area contributed by atoms with Gasteiger partial charge in [0.05, 0.1) is 16.3 Å². The fourth-order valence-corrected chi connectivity index (χ4v) is 4.56. The lowest BCUT2D eigenvalue weighted by molar-refractivity contribution is 0.0984. The van der Waals surface area contributed by atoms with Crippen molar-refractivity contribution < 1.29 is 14.0 Å². The molecule has 1 aliphatic heterocycles. The summed E-state index contributed by atoms with van der Waals surface area (Å²) in [5.74, 6) is -1.49. The molecule has 2 amide bonds. The number of hydrogen-bond donors (Lipinski definition) is 1. The Hall–Kier alpha value is -3.16. The first-order valence-corrected chi connectivity index (χ1v) is 11.6. The SMILES string of the molecule is CN(C(=O)c1c(F)cccc1Cl)c1ncc(-c2cc(C(N)=O)ccc2Cl)cc1N1CCCCC1. The molecule has 3 aromatic rings. The second-order valence-corrected chi connectivity index (χ2v) is 8.95. The van der Waals surface area contributed by atoms with Crippen LogP contribution in [0.1, 0.15) is 40.0 Å². The van der Waals surface area contributed by atoms with Crippen molar-refractivity contribution in [1.82, 2.24) is 4.98 Å². The molecule has 9 heteroatoms. The zero-order valence-electron chi connectivity index (χ0n) is 18.5. The molecule has 34 heavy (non-hydrogen) atoms. The minimum Gasteiger partial charge on any atom is -0.369 e. The lowest BCUT2D eigenvalue weighted by Gasteiger charge is -2.32. The maximum atomic E-state index is 14.4. The molecule has 0 spiro atoms. The van der Waals surface area contributed by atoms with E-state index in [0.717, 1.165) is 32.4 Å². The zero-order valence-corrected chi connectivity index (χ0v) is 20.0. The van der Waals surface area contributed by atoms with Crippen molar-refractivity contribution >= 4 is 46.5 Å². The first-order valence-electron chi connectivity index (χ1n) is 10.8. The molecule has 2 aromatic carbocycles. The topological polar surface area (TPSA) is 79.5 Å². The van der Waals surface area contributed by atoms with Gasteiger partial charge in [0.15, 0.2) is 5.82 Å². The highest BCUT2D eigenvalue weighted by molar-refractivity contribution is 6.34. The predicted octanol–water partition coefficient (Wildman–Crippen LogP) is 5.56. The van der Waals surface area contributed by atoms with Crippen LogP contribution in [0.4, 0.5) is 15.9 Å². The Labute approximate surface area is 207 Å². The Balaban J connectivity index is 1.81. The lowest BCUT2D eigenvalue weighted by Crippen LogP contribution is -2.34. The quantitative estimate of drug-likeness (QED) is 0.497. The number of aromatic nitrogens is 1. The van der Waals surface area contributed by atoms with Gasteiger partial charge >= 0.3 is 0 Å². The molecule has 0 radical (unpaired) electrons. The monoisotopic (exact) mass is 500 g/mol. The zero-order chi connectivity index (χ0) is 24.4. The van der Waals surface area contributed by atoms with Gasteiger partial charge in [0.1, 0.15) is 5.82 Å². The summed E-state index contributed by atoms with van der Waals surface area (Å²) in [6, 6.07) is 10.8. The number of carbonyl (C=O) groups is 2. The van der Waals surface area contributed by atoms with Gasteiger partial charge in [-0.3, -0.25) is 14.5 Å². The molecule has 176 valence electrons. The number of anilines is 2. The van der Waals surface area contributed by atoms with Crippen LogP contribution in [0.2, 0.25) is 10.0 Å². The number of nitrogens with zero attached hydrogens (tertiary/aromatic N) is 3. The van der Waals surface area contributed by atoms with Crippen LogP contribution in [0.15, 0.2) is 48.7 Å². The minimum absolute atomic E-state index is 0.0306. The van der Waals surface area contributed by atoms with Crippen LogP contribution in [0, 0.1) is 5.82 Å². The number of pyridine rings is 1. The third-order valence-corrected chi connectivity index (χ3v) is 6.55. The minimum atomic E-state index is -0.699. The Bertz CT molecular complexity index is 1240. The summed E-state index contributed by atoms with van der Waals surface area (Å²) in [6.07, 6.45) is 4.68. The molecular weight excluding hydrogens is 478 g/mol. The number of halogens is 3. The normalized spacial score (nSPS) is 13.6. The Kier molecular flexibility index (Phi) is 7.05. The van der Waals surface area contributed by atoms with E-state index in [2.05, 4.69) is 9.88 Å². The Morgan fingerprint density at radius 2 is 1.79 bits per heavy atom. The molecule has 0 saturated carbocycles. The van der Waals surface area contributed by atoms with Crippen molar-refractivity contribution in [2.24, 2.45) is 5.73 Å². The van der Waals surface area contributed by atoms with Gasteiger partial charge in [-0.15, -0.1) is 0 Å². The molecule has 0 unspecified atom stereocenters. The van der Waals surface area contributed by atoms with E-state index in [-0.39, 0.29) is 10.6 Å². The van der Waals surface area contributed by atoms with E-state index >= 15 is 0 Å². The van der Waals surface area contributed by atoms with E-state index in [4.69, 9.17) is 28.9 Å². The smallest absolute Gasteiger partial charge is 0.263 e. The molecule has 0 atom stereocenters. The summed E-state index contributed by atoms with van der Waals surface area (Å²) in [6.45, 7) is 1.57. The Morgan fingerprint density at radius 1 is 1.06 bits per heavy atom. The molecular formula is C25H23Cl2FN4O2. The summed E-state index contributed by atoms with van der Waals surface area (Å²) in [5.41, 5.74) is 7.53. The summed E-state index contributed by atoms with van der Waals surface area (Å²) < 4.78 is 14.4. The summed E-state index contributed by atoms with van der Waals surface area (Å²) >= 11 is 12.6. The van der Waals surface area contributed by atoms with Crippen molar-refractivity contribution in [3.8, 4) is 11.1 Å². The molecule has 2 N–H and O–H groups in total. The van der Waals surface area contributed by atoms with Crippen LogP contribution in [-0.2, 0) is 0 Å². The van der Waals surface area contributed by atoms with E-state index in [0.29, 0.717) is 33.2 Å². The second kappa shape index (κ2) is 9.99. The fraction of sp³-hybridized carbons (Fsp3) is 0.240. The van der Waals surface area contributed by atoms with Crippen LogP contribution in [0.5, 0.6) is 0 Å². The number of amides is 2. The van der Waals surface area contributed by atoms with Gasteiger partial charge in [0, 0.05) is 48.0 Å². The summed E-state index contributed by atoms with van der Waals surface area (Å²) in [7, 11) is 1.54. The number of piperidine rings is 1. The summed E-state index contributed by atoms with van der Waals surface area (Å²) in [4.78, 5) is 32.9. The number of rotatable bonds is 5. The molecule has 4 rings (SSSR count). The van der Waals surface area contributed by atoms with Crippen molar-refractivity contribution in [2.75, 3.05) is 29.9 Å². The molecule has 1 fully saturated rings. The third kappa shape index (κ3) is 4.72. The van der Waals surface area contributed by atoms with E-state index in [1.54, 1.807) is 31.4 Å². The standard InChI is InChI=1S/C25H23Cl2FN4O2/c1-31(25(34)22-19(27)6-5-7-20(22)28)24-21(32-10-3-2-4-11-32)13-16(14-30-24)17-12-15(23(29)33)8-9-18(17)26/h5-9,12-14H,2-4,10-11H2,1H3,(H2,29,33). The molecule has 1 saturated heterocycles. The fourth-order valence-electron chi connectivity index (χ4n) is 4.08. The Morgan fingerprint density at radius 3 is 2.47 bits per heavy atom. The van der Waals surface area contributed by atoms with Crippen LogP contribution in [0.3, 0.4) is 0 Å². The molecule has 1 aliphatic rings. The van der Waals surface area contributed by atoms with Gasteiger partial charge in [-0.05, 0) is 55.7 Å². The average Bonchev–Trinajstić information content (AvgIpc) is 2.83. The second-order valence-electron chi connectivity index (χ2n) is 8.13. The molecule has 6 nitrogen and oxygen atoms in total. The van der Waals surface area contributed by atoms with E-state index in [1.807, 2.05) is 6.07 Å². The van der Waals surface area contributed by atoms with Crippen LogP contribution >= 0.6 is 23.2 Å². The first kappa shape index (κ1) is 24.0. The molecule has 2 heterocycles. The molecule has 0 aliphatic carbocycles. The number of hydrogen-bond acceptors (Lipinski definition) is 4. The van der Waals surface area contributed by atoms with Gasteiger partial charge in [0.2, 0.25) is 5.91 Å². The van der Waals surface area contributed by atoms with Crippen molar-refractivity contribution in [3.63, 3.8) is 0 Å². The van der Waals surface area contributed by atoms with Gasteiger partial charge < -0.3 is 10.6 Å². The van der Waals surface area contributed by atoms with Crippen LogP contribution in [-0.4, -0.2) is 36.9 Å². The summed E-state index contributed by atoms with van der Waals surface area (Å²) in [5, 5.41) is 0.467. The highest BCUT2D eigenvalue weighted by Crippen LogP contribution is 2.37. The predicted molar refractivity (Wildman–Crippen MR) is 133 cm³/mol. The third-order valence-electron chi connectivity index (χ3n) is 5.90. The molecule has 1 aromatic heterocycles. The highest BCUT2D eigenvalue weighted by Gasteiger charge is 2.26. The number of benzene rings is 2. The van der Waals surface area contributed by atoms with Gasteiger partial charge in [-0.1, -0.05) is 29.3 Å². The highest BCUT2D eigenvalue weighted by atomic mass is 35.5. The maximum Gasteiger partial charge on any atom is 0.263 e. The lowest BCUT2D eigenvalue weighted by atomic mass is 10.0. The van der Waals surface area contributed by atoms with Gasteiger partial charge in [-0.2, -0.15) is 0 Å². The largest absolute Gasteiger partial charge is 0.369 e. The van der Waals surface area contributed by atoms with E-state index in [1.165, 1.54) is 23.1 Å². The van der Waals surface area contributed by atoms with E-state index in [9.17, 15) is 14.0 Å². The van der Waals surface area contributed by atoms with Crippen LogP contribution < -0.4 is 15.5 Å².